The average Bonchev–Trinajstić information content (AvgIpc) is 2.73. The number of sulfonamides is 1. The molecule has 0 bridgehead atoms. The van der Waals surface area contributed by atoms with Crippen molar-refractivity contribution < 1.29 is 26.3 Å². The molecule has 34 heavy (non-hydrogen) atoms. The number of anilines is 3. The van der Waals surface area contributed by atoms with Gasteiger partial charge in [-0.2, -0.15) is 13.2 Å². The van der Waals surface area contributed by atoms with Gasteiger partial charge < -0.3 is 15.4 Å². The van der Waals surface area contributed by atoms with Gasteiger partial charge in [0.1, 0.15) is 23.7 Å². The summed E-state index contributed by atoms with van der Waals surface area (Å²) in [6, 6.07) is 11.8. The lowest BCUT2D eigenvalue weighted by atomic mass is 10.1. The normalized spacial score (nSPS) is 12.3. The number of hydrogen-bond acceptors (Lipinski definition) is 7. The first-order valence-corrected chi connectivity index (χ1v) is 11.7. The van der Waals surface area contributed by atoms with Crippen molar-refractivity contribution in [1.82, 2.24) is 9.97 Å². The highest BCUT2D eigenvalue weighted by atomic mass is 35.5. The fourth-order valence-electron chi connectivity index (χ4n) is 2.69. The van der Waals surface area contributed by atoms with Gasteiger partial charge in [-0.15, -0.1) is 0 Å². The highest BCUT2D eigenvalue weighted by Crippen LogP contribution is 2.36. The lowest BCUT2D eigenvalue weighted by Crippen LogP contribution is -2.44. The second-order valence-corrected chi connectivity index (χ2v) is 9.70. The zero-order chi connectivity index (χ0) is 25.1. The van der Waals surface area contributed by atoms with E-state index in [-0.39, 0.29) is 22.8 Å². The minimum absolute atomic E-state index is 0.107. The zero-order valence-electron chi connectivity index (χ0n) is 18.0. The monoisotopic (exact) mass is 515 g/mol. The smallest absolute Gasteiger partial charge is 0.427 e. The van der Waals surface area contributed by atoms with Crippen molar-refractivity contribution in [1.29, 1.82) is 0 Å². The first-order valence-electron chi connectivity index (χ1n) is 9.74. The van der Waals surface area contributed by atoms with E-state index in [1.54, 1.807) is 30.3 Å². The molecule has 0 amide bonds. The standard InChI is InChI=1S/C21H21ClF3N5O3S/c1-20(2,21(23,24)25)33-17-8-7-16(34(26,31)32)9-13(17)11-27-18-10-19(29-12-28-18)30-15-5-3-14(22)4-6-15/h3-10,12H,11H2,1-2H3,(H2,26,31,32)(H2,27,28,29,30). The van der Waals surface area contributed by atoms with E-state index in [4.69, 9.17) is 21.5 Å². The Bertz CT molecular complexity index is 1270. The number of primary sulfonamides is 1. The molecule has 3 aromatic rings. The molecule has 8 nitrogen and oxygen atoms in total. The van der Waals surface area contributed by atoms with Gasteiger partial charge in [-0.25, -0.2) is 23.5 Å². The molecule has 0 unspecified atom stereocenters. The fraction of sp³-hybridized carbons (Fsp3) is 0.238. The first-order chi connectivity index (χ1) is 15.7. The summed E-state index contributed by atoms with van der Waals surface area (Å²) < 4.78 is 68.7. The van der Waals surface area contributed by atoms with Crippen LogP contribution in [0.4, 0.5) is 30.5 Å². The molecule has 182 valence electrons. The number of nitrogens with one attached hydrogen (secondary N) is 2. The maximum absolute atomic E-state index is 13.3. The van der Waals surface area contributed by atoms with E-state index in [2.05, 4.69) is 20.6 Å². The summed E-state index contributed by atoms with van der Waals surface area (Å²) in [7, 11) is -4.09. The van der Waals surface area contributed by atoms with Crippen molar-refractivity contribution in [2.75, 3.05) is 10.6 Å². The third-order valence-electron chi connectivity index (χ3n) is 4.65. The Kier molecular flexibility index (Phi) is 7.24. The molecular weight excluding hydrogens is 495 g/mol. The lowest BCUT2D eigenvalue weighted by molar-refractivity contribution is -0.234. The van der Waals surface area contributed by atoms with Gasteiger partial charge in [-0.3, -0.25) is 0 Å². The second kappa shape index (κ2) is 9.65. The molecule has 0 saturated heterocycles. The molecule has 4 N–H and O–H groups in total. The number of nitrogens with two attached hydrogens (primary N) is 1. The van der Waals surface area contributed by atoms with Gasteiger partial charge in [0.2, 0.25) is 10.0 Å². The minimum atomic E-state index is -4.66. The van der Waals surface area contributed by atoms with E-state index in [9.17, 15) is 21.6 Å². The van der Waals surface area contributed by atoms with Gasteiger partial charge in [-0.1, -0.05) is 11.6 Å². The van der Waals surface area contributed by atoms with Gasteiger partial charge in [0.15, 0.2) is 5.60 Å². The molecule has 2 aromatic carbocycles. The maximum Gasteiger partial charge on any atom is 0.427 e. The van der Waals surface area contributed by atoms with Crippen molar-refractivity contribution in [2.45, 2.75) is 37.1 Å². The molecule has 0 aliphatic rings. The number of benzene rings is 2. The van der Waals surface area contributed by atoms with Gasteiger partial charge in [0.25, 0.3) is 0 Å². The molecule has 0 radical (unpaired) electrons. The van der Waals surface area contributed by atoms with E-state index in [0.717, 1.165) is 37.7 Å². The predicted molar refractivity (Wildman–Crippen MR) is 123 cm³/mol. The molecule has 0 atom stereocenters. The molecule has 13 heteroatoms. The van der Waals surface area contributed by atoms with Crippen LogP contribution in [0.2, 0.25) is 5.02 Å². The van der Waals surface area contributed by atoms with Crippen molar-refractivity contribution in [3.8, 4) is 5.75 Å². The van der Waals surface area contributed by atoms with Crippen LogP contribution in [0.1, 0.15) is 19.4 Å². The SMILES string of the molecule is CC(C)(Oc1ccc(S(N)(=O)=O)cc1CNc1cc(Nc2ccc(Cl)cc2)ncn1)C(F)(F)F. The zero-order valence-corrected chi connectivity index (χ0v) is 19.6. The number of aromatic nitrogens is 2. The largest absolute Gasteiger partial charge is 0.478 e. The third-order valence-corrected chi connectivity index (χ3v) is 5.81. The van der Waals surface area contributed by atoms with Crippen LogP contribution in [0.5, 0.6) is 5.75 Å². The second-order valence-electron chi connectivity index (χ2n) is 7.70. The molecule has 0 spiro atoms. The Hall–Kier alpha value is -3.09. The molecule has 0 fully saturated rings. The maximum atomic E-state index is 13.3. The van der Waals surface area contributed by atoms with Crippen LogP contribution < -0.4 is 20.5 Å². The summed E-state index contributed by atoms with van der Waals surface area (Å²) in [5.41, 5.74) is -1.66. The number of hydrogen-bond donors (Lipinski definition) is 3. The Labute approximate surface area is 199 Å². The molecule has 1 heterocycles. The number of nitrogens with zero attached hydrogens (tertiary/aromatic N) is 2. The van der Waals surface area contributed by atoms with Gasteiger partial charge in [0.05, 0.1) is 4.90 Å². The Morgan fingerprint density at radius 3 is 2.29 bits per heavy atom. The Balaban J connectivity index is 1.84. The Morgan fingerprint density at radius 1 is 1.03 bits per heavy atom. The quantitative estimate of drug-likeness (QED) is 0.392. The van der Waals surface area contributed by atoms with Crippen LogP contribution in [-0.4, -0.2) is 30.2 Å². The topological polar surface area (TPSA) is 119 Å². The van der Waals surface area contributed by atoms with Gasteiger partial charge >= 0.3 is 6.18 Å². The van der Waals surface area contributed by atoms with E-state index in [1.165, 1.54) is 6.33 Å². The lowest BCUT2D eigenvalue weighted by Gasteiger charge is -2.30. The minimum Gasteiger partial charge on any atom is -0.478 e. The number of alkyl halides is 3. The molecule has 1 aromatic heterocycles. The summed E-state index contributed by atoms with van der Waals surface area (Å²) in [5, 5.41) is 11.7. The molecular formula is C21H21ClF3N5O3S. The number of halogens is 4. The first kappa shape index (κ1) is 25.5. The third kappa shape index (κ3) is 6.49. The van der Waals surface area contributed by atoms with E-state index >= 15 is 0 Å². The van der Waals surface area contributed by atoms with Gasteiger partial charge in [0, 0.05) is 28.9 Å². The highest BCUT2D eigenvalue weighted by Gasteiger charge is 2.50. The molecule has 3 rings (SSSR count). The number of ether oxygens (including phenoxy) is 1. The predicted octanol–water partition coefficient (Wildman–Crippen LogP) is 4.85. The highest BCUT2D eigenvalue weighted by molar-refractivity contribution is 7.89. The average molecular weight is 516 g/mol. The summed E-state index contributed by atoms with van der Waals surface area (Å²) in [5.74, 6) is 0.608. The van der Waals surface area contributed by atoms with Crippen LogP contribution in [0.3, 0.4) is 0 Å². The van der Waals surface area contributed by atoms with Crippen LogP contribution in [0.25, 0.3) is 0 Å². The van der Waals surface area contributed by atoms with Crippen LogP contribution in [0.15, 0.2) is 59.8 Å². The van der Waals surface area contributed by atoms with Crippen LogP contribution >= 0.6 is 11.6 Å². The fourth-order valence-corrected chi connectivity index (χ4v) is 3.38. The molecule has 0 aliphatic carbocycles. The van der Waals surface area contributed by atoms with Crippen molar-refractivity contribution in [3.05, 3.63) is 65.4 Å². The van der Waals surface area contributed by atoms with Crippen LogP contribution in [0, 0.1) is 0 Å². The molecule has 0 aliphatic heterocycles. The van der Waals surface area contributed by atoms with Crippen molar-refractivity contribution in [3.63, 3.8) is 0 Å². The summed E-state index contributed by atoms with van der Waals surface area (Å²) in [6.45, 7) is 1.64. The summed E-state index contributed by atoms with van der Waals surface area (Å²) >= 11 is 5.87. The van der Waals surface area contributed by atoms with Gasteiger partial charge in [-0.05, 0) is 56.3 Å². The van der Waals surface area contributed by atoms with Crippen molar-refractivity contribution in [2.24, 2.45) is 5.14 Å². The summed E-state index contributed by atoms with van der Waals surface area (Å²) in [6.07, 6.45) is -3.38. The van der Waals surface area contributed by atoms with E-state index < -0.39 is 21.8 Å². The van der Waals surface area contributed by atoms with E-state index in [1.807, 2.05) is 0 Å². The summed E-state index contributed by atoms with van der Waals surface area (Å²) in [4.78, 5) is 7.92. The Morgan fingerprint density at radius 2 is 1.68 bits per heavy atom. The molecule has 0 saturated carbocycles. The van der Waals surface area contributed by atoms with Crippen molar-refractivity contribution >= 4 is 38.9 Å². The number of rotatable bonds is 8. The van der Waals surface area contributed by atoms with Crippen LogP contribution in [-0.2, 0) is 16.6 Å². The van der Waals surface area contributed by atoms with E-state index in [0.29, 0.717) is 16.7 Å².